The highest BCUT2D eigenvalue weighted by molar-refractivity contribution is 7.98. The van der Waals surface area contributed by atoms with Crippen LogP contribution in [0.2, 0.25) is 0 Å². The van der Waals surface area contributed by atoms with Crippen LogP contribution < -0.4 is 14.8 Å². The summed E-state index contributed by atoms with van der Waals surface area (Å²) in [6.45, 7) is 3.14. The number of rotatable bonds is 4. The minimum absolute atomic E-state index is 0.430. The third-order valence-corrected chi connectivity index (χ3v) is 4.32. The Morgan fingerprint density at radius 2 is 2.00 bits per heavy atom. The highest BCUT2D eigenvalue weighted by Gasteiger charge is 2.20. The Morgan fingerprint density at radius 1 is 1.28 bits per heavy atom. The molecule has 0 spiro atoms. The van der Waals surface area contributed by atoms with Crippen LogP contribution in [-0.2, 0) is 5.75 Å². The maximum absolute atomic E-state index is 5.41. The van der Waals surface area contributed by atoms with Gasteiger partial charge >= 0.3 is 0 Å². The smallest absolute Gasteiger partial charge is 0.161 e. The van der Waals surface area contributed by atoms with Gasteiger partial charge in [0, 0.05) is 11.8 Å². The lowest BCUT2D eigenvalue weighted by molar-refractivity contribution is 0.353. The van der Waals surface area contributed by atoms with Crippen LogP contribution in [0.15, 0.2) is 12.1 Å². The van der Waals surface area contributed by atoms with E-state index in [9.17, 15) is 0 Å². The molecule has 1 atom stereocenters. The zero-order valence-electron chi connectivity index (χ0n) is 11.3. The first-order valence-electron chi connectivity index (χ1n) is 6.36. The topological polar surface area (TPSA) is 30.5 Å². The Balaban J connectivity index is 2.42. The highest BCUT2D eigenvalue weighted by atomic mass is 32.2. The largest absolute Gasteiger partial charge is 0.493 e. The first-order valence-corrected chi connectivity index (χ1v) is 7.51. The van der Waals surface area contributed by atoms with Crippen molar-refractivity contribution in [3.8, 4) is 11.5 Å². The summed E-state index contributed by atoms with van der Waals surface area (Å²) >= 11 is 1.98. The van der Waals surface area contributed by atoms with Crippen LogP contribution in [0.1, 0.15) is 30.5 Å². The molecule has 0 aliphatic carbocycles. The third kappa shape index (κ3) is 2.75. The summed E-state index contributed by atoms with van der Waals surface area (Å²) in [5, 5.41) is 3.56. The van der Waals surface area contributed by atoms with Gasteiger partial charge in [0.2, 0.25) is 0 Å². The van der Waals surface area contributed by atoms with E-state index in [4.69, 9.17) is 9.47 Å². The molecule has 1 N–H and O–H groups in total. The molecule has 0 fully saturated rings. The maximum atomic E-state index is 5.41. The predicted molar refractivity (Wildman–Crippen MR) is 76.7 cm³/mol. The van der Waals surface area contributed by atoms with E-state index in [0.29, 0.717) is 6.04 Å². The molecule has 4 heteroatoms. The van der Waals surface area contributed by atoms with Crippen molar-refractivity contribution in [3.05, 3.63) is 23.3 Å². The number of fused-ring (bicyclic) bond motifs is 1. The fourth-order valence-corrected chi connectivity index (χ4v) is 3.40. The van der Waals surface area contributed by atoms with Crippen LogP contribution in [0.5, 0.6) is 11.5 Å². The van der Waals surface area contributed by atoms with Gasteiger partial charge in [0.15, 0.2) is 11.5 Å². The number of thioether (sulfide) groups is 1. The fraction of sp³-hybridized carbons (Fsp3) is 0.571. The van der Waals surface area contributed by atoms with Crippen LogP contribution in [0, 0.1) is 0 Å². The van der Waals surface area contributed by atoms with Crippen LogP contribution in [0.4, 0.5) is 0 Å². The Kier molecular flexibility index (Phi) is 4.78. The summed E-state index contributed by atoms with van der Waals surface area (Å²) in [6, 6.07) is 4.68. The van der Waals surface area contributed by atoms with Gasteiger partial charge in [0.1, 0.15) is 0 Å². The van der Waals surface area contributed by atoms with Gasteiger partial charge in [-0.1, -0.05) is 6.92 Å². The summed E-state index contributed by atoms with van der Waals surface area (Å²) < 4.78 is 10.8. The third-order valence-electron chi connectivity index (χ3n) is 3.28. The van der Waals surface area contributed by atoms with Crippen molar-refractivity contribution >= 4 is 11.8 Å². The molecule has 1 heterocycles. The van der Waals surface area contributed by atoms with Crippen molar-refractivity contribution in [1.29, 1.82) is 0 Å². The Bertz CT molecular complexity index is 409. The number of ether oxygens (including phenoxy) is 2. The van der Waals surface area contributed by atoms with Crippen molar-refractivity contribution in [2.24, 2.45) is 0 Å². The molecule has 0 bridgehead atoms. The molecule has 18 heavy (non-hydrogen) atoms. The lowest BCUT2D eigenvalue weighted by atomic mass is 9.98. The first-order chi connectivity index (χ1) is 8.80. The molecule has 100 valence electrons. The second kappa shape index (κ2) is 6.34. The van der Waals surface area contributed by atoms with Crippen LogP contribution in [0.3, 0.4) is 0 Å². The molecule has 2 rings (SSSR count). The number of benzene rings is 1. The summed E-state index contributed by atoms with van der Waals surface area (Å²) in [5.74, 6) is 3.90. The number of hydrogen-bond acceptors (Lipinski definition) is 4. The van der Waals surface area contributed by atoms with Crippen molar-refractivity contribution in [3.63, 3.8) is 0 Å². The van der Waals surface area contributed by atoms with E-state index in [1.165, 1.54) is 23.3 Å². The van der Waals surface area contributed by atoms with Crippen LogP contribution in [-0.4, -0.2) is 26.5 Å². The minimum atomic E-state index is 0.430. The molecule has 0 amide bonds. The molecule has 3 nitrogen and oxygen atoms in total. The lowest BCUT2D eigenvalue weighted by Gasteiger charge is -2.20. The first kappa shape index (κ1) is 13.6. The maximum Gasteiger partial charge on any atom is 0.161 e. The van der Waals surface area contributed by atoms with Gasteiger partial charge in [0.25, 0.3) is 0 Å². The lowest BCUT2D eigenvalue weighted by Crippen LogP contribution is -2.21. The zero-order valence-corrected chi connectivity index (χ0v) is 12.1. The van der Waals surface area contributed by atoms with Gasteiger partial charge in [-0.05, 0) is 42.0 Å². The normalized spacial score (nSPS) is 18.9. The quantitative estimate of drug-likeness (QED) is 0.908. The standard InChI is InChI=1S/C14H21NO2S/c1-4-15-12-5-6-18-9-10-7-13(16-2)14(17-3)8-11(10)12/h7-8,12,15H,4-6,9H2,1-3H3. The fourth-order valence-electron chi connectivity index (χ4n) is 2.38. The average Bonchev–Trinajstić information content (AvgIpc) is 2.60. The van der Waals surface area contributed by atoms with E-state index in [0.717, 1.165) is 23.8 Å². The van der Waals surface area contributed by atoms with Crippen molar-refractivity contribution in [2.45, 2.75) is 25.1 Å². The van der Waals surface area contributed by atoms with Crippen LogP contribution in [0.25, 0.3) is 0 Å². The molecule has 0 aromatic heterocycles. The molecule has 1 unspecified atom stereocenters. The van der Waals surface area contributed by atoms with E-state index in [-0.39, 0.29) is 0 Å². The highest BCUT2D eigenvalue weighted by Crippen LogP contribution is 2.38. The number of nitrogens with one attached hydrogen (secondary N) is 1. The molecule has 0 radical (unpaired) electrons. The van der Waals surface area contributed by atoms with E-state index in [1.807, 2.05) is 11.8 Å². The SMILES string of the molecule is CCNC1CCSCc2cc(OC)c(OC)cc21. The van der Waals surface area contributed by atoms with Gasteiger partial charge in [-0.3, -0.25) is 0 Å². The summed E-state index contributed by atoms with van der Waals surface area (Å²) in [5.41, 5.74) is 2.72. The Labute approximate surface area is 113 Å². The van der Waals surface area contributed by atoms with E-state index < -0.39 is 0 Å². The molecular formula is C14H21NO2S. The molecule has 1 aromatic carbocycles. The molecule has 0 saturated heterocycles. The van der Waals surface area contributed by atoms with Crippen molar-refractivity contribution in [1.82, 2.24) is 5.32 Å². The molecule has 1 aliphatic rings. The average molecular weight is 267 g/mol. The number of methoxy groups -OCH3 is 2. The second-order valence-electron chi connectivity index (χ2n) is 4.36. The molecule has 1 aliphatic heterocycles. The summed E-state index contributed by atoms with van der Waals surface area (Å²) in [6.07, 6.45) is 1.17. The van der Waals surface area contributed by atoms with Crippen molar-refractivity contribution < 1.29 is 9.47 Å². The Hall–Kier alpha value is -0.870. The van der Waals surface area contributed by atoms with Gasteiger partial charge in [-0.2, -0.15) is 11.8 Å². The van der Waals surface area contributed by atoms with Crippen molar-refractivity contribution in [2.75, 3.05) is 26.5 Å². The molecule has 1 aromatic rings. The predicted octanol–water partition coefficient (Wildman–Crippen LogP) is 2.99. The van der Waals surface area contributed by atoms with E-state index in [2.05, 4.69) is 24.4 Å². The zero-order chi connectivity index (χ0) is 13.0. The van der Waals surface area contributed by atoms with Gasteiger partial charge in [-0.25, -0.2) is 0 Å². The van der Waals surface area contributed by atoms with Gasteiger partial charge < -0.3 is 14.8 Å². The monoisotopic (exact) mass is 267 g/mol. The number of hydrogen-bond donors (Lipinski definition) is 1. The molecular weight excluding hydrogens is 246 g/mol. The minimum Gasteiger partial charge on any atom is -0.493 e. The van der Waals surface area contributed by atoms with E-state index in [1.54, 1.807) is 14.2 Å². The van der Waals surface area contributed by atoms with E-state index >= 15 is 0 Å². The van der Waals surface area contributed by atoms with Gasteiger partial charge in [0.05, 0.1) is 14.2 Å². The Morgan fingerprint density at radius 3 is 2.67 bits per heavy atom. The second-order valence-corrected chi connectivity index (χ2v) is 5.46. The van der Waals surface area contributed by atoms with Crippen LogP contribution >= 0.6 is 11.8 Å². The summed E-state index contributed by atoms with van der Waals surface area (Å²) in [4.78, 5) is 0. The molecule has 0 saturated carbocycles. The summed E-state index contributed by atoms with van der Waals surface area (Å²) in [7, 11) is 3.38. The van der Waals surface area contributed by atoms with Gasteiger partial charge in [-0.15, -0.1) is 0 Å².